The second-order valence-corrected chi connectivity index (χ2v) is 25.6. The predicted molar refractivity (Wildman–Crippen MR) is 169 cm³/mol. The van der Waals surface area contributed by atoms with Gasteiger partial charge in [-0.25, -0.2) is 0 Å². The zero-order valence-electron chi connectivity index (χ0n) is 27.0. The van der Waals surface area contributed by atoms with Gasteiger partial charge in [0, 0.05) is 6.42 Å². The van der Waals surface area contributed by atoms with Crippen molar-refractivity contribution in [1.82, 2.24) is 0 Å². The molecule has 3 aliphatic carbocycles. The highest BCUT2D eigenvalue weighted by atomic mass is 28.4. The van der Waals surface area contributed by atoms with Crippen molar-refractivity contribution in [3.63, 3.8) is 0 Å². The van der Waals surface area contributed by atoms with Crippen LogP contribution in [-0.2, 0) is 8.85 Å². The first kappa shape index (κ1) is 32.1. The van der Waals surface area contributed by atoms with E-state index in [1.54, 1.807) is 5.57 Å². The van der Waals surface area contributed by atoms with Crippen LogP contribution in [0, 0.1) is 17.3 Å². The second-order valence-electron chi connectivity index (χ2n) is 16.1. The minimum Gasteiger partial charge on any atom is -0.413 e. The van der Waals surface area contributed by atoms with Gasteiger partial charge in [-0.2, -0.15) is 0 Å². The van der Waals surface area contributed by atoms with Gasteiger partial charge in [0.25, 0.3) is 0 Å². The smallest absolute Gasteiger partial charge is 0.192 e. The second kappa shape index (κ2) is 11.1. The number of aliphatic hydroxyl groups is 1. The van der Waals surface area contributed by atoms with Crippen LogP contribution in [0.3, 0.4) is 0 Å². The van der Waals surface area contributed by atoms with Crippen molar-refractivity contribution < 1.29 is 14.0 Å². The van der Waals surface area contributed by atoms with Gasteiger partial charge in [-0.15, -0.1) is 0 Å². The Kier molecular flexibility index (Phi) is 9.34. The Labute approximate surface area is 237 Å². The number of hydrogen-bond donors (Lipinski definition) is 1. The summed E-state index contributed by atoms with van der Waals surface area (Å²) in [7, 11) is -3.87. The Morgan fingerprint density at radius 1 is 0.974 bits per heavy atom. The number of allylic oxidation sites excluding steroid dienone is 3. The Morgan fingerprint density at radius 2 is 1.55 bits per heavy atom. The number of hydrogen-bond acceptors (Lipinski definition) is 3. The highest BCUT2D eigenvalue weighted by Gasteiger charge is 2.50. The van der Waals surface area contributed by atoms with Crippen molar-refractivity contribution in [1.29, 1.82) is 0 Å². The van der Waals surface area contributed by atoms with Crippen molar-refractivity contribution in [3.8, 4) is 0 Å². The fraction of sp³-hybridized carbons (Fsp3) is 0.818. The number of aliphatic hydroxyl groups excluding tert-OH is 1. The van der Waals surface area contributed by atoms with Gasteiger partial charge in [0.1, 0.15) is 0 Å². The van der Waals surface area contributed by atoms with Gasteiger partial charge in [0.2, 0.25) is 0 Å². The molecule has 0 aromatic rings. The van der Waals surface area contributed by atoms with E-state index >= 15 is 0 Å². The van der Waals surface area contributed by atoms with E-state index in [1.807, 2.05) is 6.92 Å². The Morgan fingerprint density at radius 3 is 2.11 bits per heavy atom. The van der Waals surface area contributed by atoms with E-state index < -0.39 is 16.6 Å². The quantitative estimate of drug-likeness (QED) is 0.329. The topological polar surface area (TPSA) is 38.7 Å². The monoisotopic (exact) mass is 560 g/mol. The minimum absolute atomic E-state index is 0.0202. The SMILES string of the molecule is C=C1/C(=C\C=C2\CCC[C@@]3(C)C2CC[C@@H]3[C@H](C)O)C[C@@H](O[Si](C)(C)C(C)(C)C)C[C@@H]1O[Si](C)(C)C(C)(C)C. The van der Waals surface area contributed by atoms with Crippen LogP contribution in [0.25, 0.3) is 0 Å². The predicted octanol–water partition coefficient (Wildman–Crippen LogP) is 9.57. The van der Waals surface area contributed by atoms with E-state index in [2.05, 4.69) is 93.4 Å². The zero-order valence-corrected chi connectivity index (χ0v) is 29.0. The zero-order chi connectivity index (χ0) is 28.9. The fourth-order valence-corrected chi connectivity index (χ4v) is 9.51. The molecule has 3 nitrogen and oxygen atoms in total. The molecule has 0 aliphatic heterocycles. The van der Waals surface area contributed by atoms with Crippen LogP contribution in [0.5, 0.6) is 0 Å². The molecule has 38 heavy (non-hydrogen) atoms. The average Bonchev–Trinajstić information content (AvgIpc) is 3.10. The molecule has 0 aromatic heterocycles. The Bertz CT molecular complexity index is 931. The van der Waals surface area contributed by atoms with Crippen LogP contribution in [0.1, 0.15) is 100 Å². The first-order valence-electron chi connectivity index (χ1n) is 15.3. The van der Waals surface area contributed by atoms with Gasteiger partial charge in [0.05, 0.1) is 18.3 Å². The molecule has 1 N–H and O–H groups in total. The van der Waals surface area contributed by atoms with Gasteiger partial charge in [-0.05, 0) is 110 Å². The van der Waals surface area contributed by atoms with E-state index in [1.165, 1.54) is 31.3 Å². The van der Waals surface area contributed by atoms with Crippen molar-refractivity contribution >= 4 is 16.6 Å². The molecule has 6 atom stereocenters. The summed E-state index contributed by atoms with van der Waals surface area (Å²) in [6, 6.07) is 0. The Hall–Kier alpha value is -0.466. The summed E-state index contributed by atoms with van der Waals surface area (Å²) in [5.74, 6) is 1.00. The largest absolute Gasteiger partial charge is 0.413 e. The van der Waals surface area contributed by atoms with Crippen LogP contribution < -0.4 is 0 Å². The molecule has 0 heterocycles. The van der Waals surface area contributed by atoms with Gasteiger partial charge in [0.15, 0.2) is 16.6 Å². The van der Waals surface area contributed by atoms with Crippen LogP contribution in [0.4, 0.5) is 0 Å². The van der Waals surface area contributed by atoms with Gasteiger partial charge in [-0.3, -0.25) is 0 Å². The molecule has 0 spiro atoms. The molecule has 218 valence electrons. The maximum Gasteiger partial charge on any atom is 0.192 e. The van der Waals surface area contributed by atoms with Crippen LogP contribution in [0.15, 0.2) is 35.5 Å². The summed E-state index contributed by atoms with van der Waals surface area (Å²) in [5, 5.41) is 10.8. The number of rotatable bonds is 6. The van der Waals surface area contributed by atoms with Gasteiger partial charge >= 0.3 is 0 Å². The van der Waals surface area contributed by atoms with Gasteiger partial charge in [-0.1, -0.05) is 72.8 Å². The van der Waals surface area contributed by atoms with E-state index in [9.17, 15) is 5.11 Å². The van der Waals surface area contributed by atoms with E-state index in [0.29, 0.717) is 11.8 Å². The minimum atomic E-state index is -1.96. The van der Waals surface area contributed by atoms with E-state index in [4.69, 9.17) is 8.85 Å². The molecule has 0 radical (unpaired) electrons. The summed E-state index contributed by atoms with van der Waals surface area (Å²) >= 11 is 0. The molecular formula is C33H60O3Si2. The lowest BCUT2D eigenvalue weighted by Crippen LogP contribution is -2.49. The first-order chi connectivity index (χ1) is 17.2. The molecule has 3 aliphatic rings. The molecule has 1 unspecified atom stereocenters. The van der Waals surface area contributed by atoms with Crippen LogP contribution in [-0.4, -0.2) is 40.1 Å². The van der Waals surface area contributed by atoms with Crippen molar-refractivity contribution in [2.75, 3.05) is 0 Å². The first-order valence-corrected chi connectivity index (χ1v) is 21.1. The number of fused-ring (bicyclic) bond motifs is 1. The summed E-state index contributed by atoms with van der Waals surface area (Å²) in [6.07, 6.45) is 12.6. The lowest BCUT2D eigenvalue weighted by atomic mass is 9.62. The van der Waals surface area contributed by atoms with E-state index in [0.717, 1.165) is 24.8 Å². The molecule has 0 amide bonds. The summed E-state index contributed by atoms with van der Waals surface area (Å²) in [6.45, 7) is 32.4. The van der Waals surface area contributed by atoms with Crippen molar-refractivity contribution in [2.24, 2.45) is 17.3 Å². The summed E-state index contributed by atoms with van der Waals surface area (Å²) in [5.41, 5.74) is 4.28. The molecular weight excluding hydrogens is 501 g/mol. The Balaban J connectivity index is 1.93. The third kappa shape index (κ3) is 6.53. The average molecular weight is 561 g/mol. The third-order valence-electron chi connectivity index (χ3n) is 11.4. The van der Waals surface area contributed by atoms with Crippen LogP contribution in [0.2, 0.25) is 36.3 Å². The van der Waals surface area contributed by atoms with Crippen molar-refractivity contribution in [3.05, 3.63) is 35.5 Å². The highest BCUT2D eigenvalue weighted by molar-refractivity contribution is 6.74. The van der Waals surface area contributed by atoms with Crippen LogP contribution >= 0.6 is 0 Å². The lowest BCUT2D eigenvalue weighted by molar-refractivity contribution is 0.0302. The molecule has 3 rings (SSSR count). The summed E-state index contributed by atoms with van der Waals surface area (Å²) < 4.78 is 14.0. The standard InChI is InChI=1S/C33H60O3Si2/c1-23-26(17-16-25-15-14-20-33(9)28(24(2)34)18-19-29(25)33)21-27(35-37(10,11)31(3,4)5)22-30(23)36-38(12,13)32(6,7)8/h16-17,24,27-30,34H,1,14-15,18-22H2,2-13H3/b25-16-,26-17-/t24-,27+,28+,29?,30-,33+/m0/s1. The normalized spacial score (nSPS) is 34.6. The van der Waals surface area contributed by atoms with Gasteiger partial charge < -0.3 is 14.0 Å². The molecule has 0 aromatic carbocycles. The summed E-state index contributed by atoms with van der Waals surface area (Å²) in [4.78, 5) is 0. The third-order valence-corrected chi connectivity index (χ3v) is 20.4. The lowest BCUT2D eigenvalue weighted by Gasteiger charge is -2.45. The molecule has 5 heteroatoms. The molecule has 3 fully saturated rings. The molecule has 3 saturated carbocycles. The van der Waals surface area contributed by atoms with Crippen molar-refractivity contribution in [2.45, 2.75) is 155 Å². The maximum atomic E-state index is 10.5. The fourth-order valence-electron chi connectivity index (χ4n) is 6.84. The maximum absolute atomic E-state index is 10.5. The molecule has 0 saturated heterocycles. The highest BCUT2D eigenvalue weighted by Crippen LogP contribution is 2.58. The molecule has 0 bridgehead atoms. The van der Waals surface area contributed by atoms with E-state index in [-0.39, 0.29) is 33.8 Å².